The van der Waals surface area contributed by atoms with Gasteiger partial charge in [-0.2, -0.15) is 5.10 Å². The molecule has 0 aliphatic heterocycles. The third kappa shape index (κ3) is 1.92. The van der Waals surface area contributed by atoms with Crippen LogP contribution in [0.15, 0.2) is 27.4 Å². The van der Waals surface area contributed by atoms with E-state index in [1.54, 1.807) is 6.26 Å². The predicted octanol–water partition coefficient (Wildman–Crippen LogP) is 2.39. The fourth-order valence-corrected chi connectivity index (χ4v) is 2.27. The largest absolute Gasteiger partial charge is 0.466 e. The molecule has 0 saturated carbocycles. The van der Waals surface area contributed by atoms with Crippen molar-refractivity contribution in [1.29, 1.82) is 0 Å². The number of nitrogens with one attached hydrogen (secondary N) is 1. The molecule has 0 radical (unpaired) electrons. The fourth-order valence-electron chi connectivity index (χ4n) is 1.84. The number of nitrogens with zero attached hydrogens (tertiary/aromatic N) is 2. The summed E-state index contributed by atoms with van der Waals surface area (Å²) in [6, 6.07) is 1.92. The standard InChI is InChI=1S/C11H14BrN3O/c1-7-8(6-15(3)14-7)10(13-2)11-9(12)4-5-16-11/h4-6,10,13H,1-3H3. The van der Waals surface area contributed by atoms with Gasteiger partial charge in [0, 0.05) is 18.8 Å². The zero-order valence-electron chi connectivity index (χ0n) is 9.49. The highest BCUT2D eigenvalue weighted by atomic mass is 79.9. The number of halogens is 1. The molecule has 0 spiro atoms. The van der Waals surface area contributed by atoms with Crippen molar-refractivity contribution >= 4 is 15.9 Å². The number of rotatable bonds is 3. The first-order chi connectivity index (χ1) is 7.63. The molecule has 0 amide bonds. The maximum Gasteiger partial charge on any atom is 0.139 e. The van der Waals surface area contributed by atoms with E-state index in [0.717, 1.165) is 21.5 Å². The Morgan fingerprint density at radius 1 is 1.56 bits per heavy atom. The van der Waals surface area contributed by atoms with Crippen LogP contribution in [-0.2, 0) is 7.05 Å². The van der Waals surface area contributed by atoms with Crippen LogP contribution >= 0.6 is 15.9 Å². The second-order valence-electron chi connectivity index (χ2n) is 3.70. The summed E-state index contributed by atoms with van der Waals surface area (Å²) < 4.78 is 8.27. The average Bonchev–Trinajstić information content (AvgIpc) is 2.77. The number of furan rings is 1. The van der Waals surface area contributed by atoms with Gasteiger partial charge < -0.3 is 9.73 Å². The highest BCUT2D eigenvalue weighted by Gasteiger charge is 2.21. The number of hydrogen-bond acceptors (Lipinski definition) is 3. The van der Waals surface area contributed by atoms with Gasteiger partial charge in [-0.05, 0) is 36.0 Å². The van der Waals surface area contributed by atoms with Crippen molar-refractivity contribution in [2.45, 2.75) is 13.0 Å². The van der Waals surface area contributed by atoms with Gasteiger partial charge in [0.1, 0.15) is 5.76 Å². The van der Waals surface area contributed by atoms with Gasteiger partial charge in [-0.15, -0.1) is 0 Å². The lowest BCUT2D eigenvalue weighted by Gasteiger charge is -2.13. The van der Waals surface area contributed by atoms with E-state index in [4.69, 9.17) is 4.42 Å². The molecule has 86 valence electrons. The molecule has 2 heterocycles. The molecule has 0 aromatic carbocycles. The van der Waals surface area contributed by atoms with Crippen molar-refractivity contribution in [2.75, 3.05) is 7.05 Å². The zero-order chi connectivity index (χ0) is 11.7. The topological polar surface area (TPSA) is 43.0 Å². The van der Waals surface area contributed by atoms with Crippen molar-refractivity contribution in [3.8, 4) is 0 Å². The van der Waals surface area contributed by atoms with E-state index in [2.05, 4.69) is 26.3 Å². The summed E-state index contributed by atoms with van der Waals surface area (Å²) in [4.78, 5) is 0. The summed E-state index contributed by atoms with van der Waals surface area (Å²) >= 11 is 3.48. The van der Waals surface area contributed by atoms with Crippen molar-refractivity contribution < 1.29 is 4.42 Å². The molecule has 5 heteroatoms. The summed E-state index contributed by atoms with van der Waals surface area (Å²) in [5, 5.41) is 7.58. The molecule has 1 N–H and O–H groups in total. The maximum absolute atomic E-state index is 5.49. The Labute approximate surface area is 103 Å². The Hall–Kier alpha value is -1.07. The summed E-state index contributed by atoms with van der Waals surface area (Å²) in [6.45, 7) is 2.00. The van der Waals surface area contributed by atoms with Crippen molar-refractivity contribution in [1.82, 2.24) is 15.1 Å². The van der Waals surface area contributed by atoms with Crippen LogP contribution in [0.1, 0.15) is 23.1 Å². The molecule has 1 atom stereocenters. The van der Waals surface area contributed by atoms with E-state index < -0.39 is 0 Å². The summed E-state index contributed by atoms with van der Waals surface area (Å²) in [5.74, 6) is 0.874. The minimum absolute atomic E-state index is 0.0260. The van der Waals surface area contributed by atoms with Crippen LogP contribution in [0, 0.1) is 6.92 Å². The molecule has 2 aromatic heterocycles. The van der Waals surface area contributed by atoms with Crippen LogP contribution in [-0.4, -0.2) is 16.8 Å². The van der Waals surface area contributed by atoms with Crippen LogP contribution in [0.4, 0.5) is 0 Å². The monoisotopic (exact) mass is 283 g/mol. The van der Waals surface area contributed by atoms with E-state index >= 15 is 0 Å². The molecule has 2 aromatic rings. The van der Waals surface area contributed by atoms with Gasteiger partial charge in [-0.3, -0.25) is 4.68 Å². The summed E-state index contributed by atoms with van der Waals surface area (Å²) in [6.07, 6.45) is 3.68. The zero-order valence-corrected chi connectivity index (χ0v) is 11.1. The second-order valence-corrected chi connectivity index (χ2v) is 4.55. The van der Waals surface area contributed by atoms with Gasteiger partial charge in [-0.25, -0.2) is 0 Å². The van der Waals surface area contributed by atoms with E-state index in [9.17, 15) is 0 Å². The molecule has 0 saturated heterocycles. The van der Waals surface area contributed by atoms with Gasteiger partial charge in [0.2, 0.25) is 0 Å². The van der Waals surface area contributed by atoms with Gasteiger partial charge >= 0.3 is 0 Å². The Morgan fingerprint density at radius 2 is 2.31 bits per heavy atom. The van der Waals surface area contributed by atoms with Crippen molar-refractivity contribution in [3.63, 3.8) is 0 Å². The third-order valence-electron chi connectivity index (χ3n) is 2.56. The first kappa shape index (κ1) is 11.4. The van der Waals surface area contributed by atoms with Crippen LogP contribution in [0.25, 0.3) is 0 Å². The number of aromatic nitrogens is 2. The fraction of sp³-hybridized carbons (Fsp3) is 0.364. The molecular weight excluding hydrogens is 270 g/mol. The lowest BCUT2D eigenvalue weighted by molar-refractivity contribution is 0.460. The van der Waals surface area contributed by atoms with E-state index in [-0.39, 0.29) is 6.04 Å². The quantitative estimate of drug-likeness (QED) is 0.941. The van der Waals surface area contributed by atoms with E-state index in [0.29, 0.717) is 0 Å². The summed E-state index contributed by atoms with van der Waals surface area (Å²) in [7, 11) is 3.83. The highest BCUT2D eigenvalue weighted by Crippen LogP contribution is 2.30. The van der Waals surface area contributed by atoms with Crippen molar-refractivity contribution in [3.05, 3.63) is 40.0 Å². The first-order valence-electron chi connectivity index (χ1n) is 5.03. The van der Waals surface area contributed by atoms with Crippen LogP contribution < -0.4 is 5.32 Å². The Morgan fingerprint density at radius 3 is 2.75 bits per heavy atom. The Kier molecular flexibility index (Phi) is 3.16. The molecule has 0 bridgehead atoms. The minimum atomic E-state index is 0.0260. The van der Waals surface area contributed by atoms with E-state index in [1.807, 2.05) is 38.0 Å². The Bertz CT molecular complexity index is 489. The SMILES string of the molecule is CNC(c1cn(C)nc1C)c1occc1Br. The number of aryl methyl sites for hydroxylation is 2. The van der Waals surface area contributed by atoms with Gasteiger partial charge in [0.15, 0.2) is 0 Å². The molecule has 0 aliphatic carbocycles. The molecule has 1 unspecified atom stereocenters. The van der Waals surface area contributed by atoms with Crippen LogP contribution in [0.5, 0.6) is 0 Å². The smallest absolute Gasteiger partial charge is 0.139 e. The lowest BCUT2D eigenvalue weighted by atomic mass is 10.1. The maximum atomic E-state index is 5.49. The first-order valence-corrected chi connectivity index (χ1v) is 5.83. The lowest BCUT2D eigenvalue weighted by Crippen LogP contribution is -2.17. The third-order valence-corrected chi connectivity index (χ3v) is 3.21. The Balaban J connectivity index is 2.44. The normalized spacial score (nSPS) is 13.0. The number of hydrogen-bond donors (Lipinski definition) is 1. The van der Waals surface area contributed by atoms with Gasteiger partial charge in [0.05, 0.1) is 22.5 Å². The molecule has 4 nitrogen and oxygen atoms in total. The molecule has 16 heavy (non-hydrogen) atoms. The molecular formula is C11H14BrN3O. The van der Waals surface area contributed by atoms with Crippen LogP contribution in [0.2, 0.25) is 0 Å². The molecule has 0 fully saturated rings. The predicted molar refractivity (Wildman–Crippen MR) is 65.3 cm³/mol. The van der Waals surface area contributed by atoms with Crippen LogP contribution in [0.3, 0.4) is 0 Å². The van der Waals surface area contributed by atoms with Crippen molar-refractivity contribution in [2.24, 2.45) is 7.05 Å². The average molecular weight is 284 g/mol. The second kappa shape index (κ2) is 4.43. The van der Waals surface area contributed by atoms with Gasteiger partial charge in [0.25, 0.3) is 0 Å². The highest BCUT2D eigenvalue weighted by molar-refractivity contribution is 9.10. The van der Waals surface area contributed by atoms with E-state index in [1.165, 1.54) is 0 Å². The molecule has 2 rings (SSSR count). The summed E-state index contributed by atoms with van der Waals surface area (Å²) in [5.41, 5.74) is 2.13. The minimum Gasteiger partial charge on any atom is -0.466 e. The molecule has 0 aliphatic rings. The van der Waals surface area contributed by atoms with Gasteiger partial charge in [-0.1, -0.05) is 0 Å².